The van der Waals surface area contributed by atoms with Crippen molar-refractivity contribution in [3.8, 4) is 5.75 Å². The monoisotopic (exact) mass is 509 g/mol. The SMILES string of the molecule is CSCCc1nccn1CCCCc1ccc(OCc2coc(C=Cc3ccc(F)cc3F)n2)cc1. The Morgan fingerprint density at radius 2 is 1.92 bits per heavy atom. The van der Waals surface area contributed by atoms with E-state index in [2.05, 4.69) is 39.1 Å². The Bertz CT molecular complexity index is 1270. The summed E-state index contributed by atoms with van der Waals surface area (Å²) < 4.78 is 40.2. The van der Waals surface area contributed by atoms with Gasteiger partial charge in [0.2, 0.25) is 5.89 Å². The van der Waals surface area contributed by atoms with Gasteiger partial charge in [0.25, 0.3) is 0 Å². The van der Waals surface area contributed by atoms with Crippen LogP contribution in [0.2, 0.25) is 0 Å². The first-order valence-corrected chi connectivity index (χ1v) is 13.3. The lowest BCUT2D eigenvalue weighted by Crippen LogP contribution is -2.05. The smallest absolute Gasteiger partial charge is 0.218 e. The van der Waals surface area contributed by atoms with Gasteiger partial charge < -0.3 is 13.7 Å². The molecule has 2 aromatic carbocycles. The molecule has 0 saturated carbocycles. The van der Waals surface area contributed by atoms with Crippen LogP contribution in [0.25, 0.3) is 12.2 Å². The van der Waals surface area contributed by atoms with Crippen LogP contribution in [0.3, 0.4) is 0 Å². The number of oxazole rings is 1. The Balaban J connectivity index is 1.19. The predicted molar refractivity (Wildman–Crippen MR) is 140 cm³/mol. The van der Waals surface area contributed by atoms with E-state index in [4.69, 9.17) is 9.15 Å². The van der Waals surface area contributed by atoms with Crippen molar-refractivity contribution in [1.29, 1.82) is 0 Å². The number of halogens is 2. The molecule has 5 nitrogen and oxygen atoms in total. The summed E-state index contributed by atoms with van der Waals surface area (Å²) in [5.41, 5.74) is 2.15. The number of thioether (sulfide) groups is 1. The first kappa shape index (κ1) is 25.7. The summed E-state index contributed by atoms with van der Waals surface area (Å²) in [7, 11) is 0. The van der Waals surface area contributed by atoms with E-state index in [-0.39, 0.29) is 12.2 Å². The highest BCUT2D eigenvalue weighted by Gasteiger charge is 2.06. The summed E-state index contributed by atoms with van der Waals surface area (Å²) in [4.78, 5) is 8.78. The van der Waals surface area contributed by atoms with Crippen LogP contribution in [-0.4, -0.2) is 26.5 Å². The van der Waals surface area contributed by atoms with Crippen LogP contribution in [0.5, 0.6) is 5.75 Å². The second-order valence-corrected chi connectivity index (χ2v) is 9.33. The zero-order valence-electron chi connectivity index (χ0n) is 20.2. The van der Waals surface area contributed by atoms with E-state index in [1.54, 1.807) is 0 Å². The number of aromatic nitrogens is 3. The van der Waals surface area contributed by atoms with E-state index in [0.29, 0.717) is 11.6 Å². The molecular formula is C28H29F2N3O2S. The van der Waals surface area contributed by atoms with Crippen LogP contribution in [0, 0.1) is 11.6 Å². The maximum atomic E-state index is 13.7. The Kier molecular flexibility index (Phi) is 9.33. The van der Waals surface area contributed by atoms with Crippen LogP contribution in [0.4, 0.5) is 8.78 Å². The minimum Gasteiger partial charge on any atom is -0.487 e. The van der Waals surface area contributed by atoms with Gasteiger partial charge in [0.05, 0.1) is 0 Å². The van der Waals surface area contributed by atoms with Gasteiger partial charge in [0.15, 0.2) is 0 Å². The molecule has 0 aliphatic heterocycles. The molecule has 8 heteroatoms. The Morgan fingerprint density at radius 1 is 1.06 bits per heavy atom. The molecule has 0 amide bonds. The summed E-state index contributed by atoms with van der Waals surface area (Å²) in [6, 6.07) is 11.5. The minimum atomic E-state index is -0.640. The normalized spacial score (nSPS) is 11.4. The van der Waals surface area contributed by atoms with E-state index >= 15 is 0 Å². The molecule has 2 heterocycles. The van der Waals surface area contributed by atoms with Crippen molar-refractivity contribution >= 4 is 23.9 Å². The van der Waals surface area contributed by atoms with Gasteiger partial charge in [-0.25, -0.2) is 18.7 Å². The molecule has 0 saturated heterocycles. The van der Waals surface area contributed by atoms with Crippen molar-refractivity contribution < 1.29 is 17.9 Å². The molecule has 4 aromatic rings. The van der Waals surface area contributed by atoms with E-state index in [1.807, 2.05) is 30.1 Å². The average Bonchev–Trinajstić information content (AvgIpc) is 3.53. The summed E-state index contributed by atoms with van der Waals surface area (Å²) in [6.07, 6.45) is 14.9. The van der Waals surface area contributed by atoms with Crippen LogP contribution in [0.15, 0.2) is 65.5 Å². The van der Waals surface area contributed by atoms with Crippen molar-refractivity contribution in [2.45, 2.75) is 38.8 Å². The standard InChI is InChI=1S/C28H29F2N3O2S/c1-36-17-13-27-31-14-16-33(27)15-3-2-4-21-5-10-25(11-6-21)34-19-24-20-35-28(32-24)12-8-22-7-9-23(29)18-26(22)30/h5-12,14,16,18,20H,2-4,13,15,17,19H2,1H3. The fourth-order valence-electron chi connectivity index (χ4n) is 3.75. The molecule has 0 bridgehead atoms. The van der Waals surface area contributed by atoms with Gasteiger partial charge in [-0.2, -0.15) is 11.8 Å². The molecule has 0 N–H and O–H groups in total. The predicted octanol–water partition coefficient (Wildman–Crippen LogP) is 6.83. The quantitative estimate of drug-likeness (QED) is 0.185. The number of imidazole rings is 1. The first-order valence-electron chi connectivity index (χ1n) is 11.9. The van der Waals surface area contributed by atoms with Crippen molar-refractivity contribution in [3.63, 3.8) is 0 Å². The molecule has 0 fully saturated rings. The van der Waals surface area contributed by atoms with Gasteiger partial charge in [-0.15, -0.1) is 0 Å². The summed E-state index contributed by atoms with van der Waals surface area (Å²) in [5, 5.41) is 0. The Labute approximate surface area is 214 Å². The van der Waals surface area contributed by atoms with Crippen LogP contribution < -0.4 is 4.74 Å². The van der Waals surface area contributed by atoms with Gasteiger partial charge in [0, 0.05) is 48.8 Å². The molecule has 0 aliphatic carbocycles. The van der Waals surface area contributed by atoms with E-state index in [1.165, 1.54) is 41.9 Å². The third kappa shape index (κ3) is 7.55. The summed E-state index contributed by atoms with van der Waals surface area (Å²) >= 11 is 1.84. The minimum absolute atomic E-state index is 0.255. The zero-order valence-corrected chi connectivity index (χ0v) is 21.0. The fourth-order valence-corrected chi connectivity index (χ4v) is 4.14. The number of aryl methyl sites for hydroxylation is 3. The lowest BCUT2D eigenvalue weighted by atomic mass is 10.1. The van der Waals surface area contributed by atoms with E-state index < -0.39 is 11.6 Å². The second-order valence-electron chi connectivity index (χ2n) is 8.35. The van der Waals surface area contributed by atoms with Crippen LogP contribution >= 0.6 is 11.8 Å². The lowest BCUT2D eigenvalue weighted by Gasteiger charge is -2.08. The molecule has 188 valence electrons. The molecule has 4 rings (SSSR count). The highest BCUT2D eigenvalue weighted by atomic mass is 32.2. The van der Waals surface area contributed by atoms with Gasteiger partial charge in [-0.05, 0) is 61.4 Å². The third-order valence-electron chi connectivity index (χ3n) is 5.69. The maximum absolute atomic E-state index is 13.7. The lowest BCUT2D eigenvalue weighted by molar-refractivity contribution is 0.301. The van der Waals surface area contributed by atoms with Crippen molar-refractivity contribution in [3.05, 3.63) is 101 Å². The van der Waals surface area contributed by atoms with Gasteiger partial charge in [0.1, 0.15) is 41.8 Å². The number of benzene rings is 2. The topological polar surface area (TPSA) is 53.1 Å². The van der Waals surface area contributed by atoms with Crippen molar-refractivity contribution in [2.75, 3.05) is 12.0 Å². The number of unbranched alkanes of at least 4 members (excludes halogenated alkanes) is 1. The fraction of sp³-hybridized carbons (Fsp3) is 0.286. The number of nitrogens with zero attached hydrogens (tertiary/aromatic N) is 3. The highest BCUT2D eigenvalue weighted by Crippen LogP contribution is 2.17. The van der Waals surface area contributed by atoms with Gasteiger partial charge in [-0.3, -0.25) is 0 Å². The third-order valence-corrected chi connectivity index (χ3v) is 6.31. The summed E-state index contributed by atoms with van der Waals surface area (Å²) in [6.45, 7) is 1.25. The van der Waals surface area contributed by atoms with Gasteiger partial charge >= 0.3 is 0 Å². The highest BCUT2D eigenvalue weighted by molar-refractivity contribution is 7.98. The number of rotatable bonds is 13. The summed E-state index contributed by atoms with van der Waals surface area (Å²) in [5.74, 6) is 2.08. The molecule has 0 radical (unpaired) electrons. The molecule has 36 heavy (non-hydrogen) atoms. The molecule has 0 aliphatic rings. The maximum Gasteiger partial charge on any atom is 0.218 e. The first-order chi connectivity index (χ1) is 17.6. The Morgan fingerprint density at radius 3 is 2.72 bits per heavy atom. The van der Waals surface area contributed by atoms with Crippen molar-refractivity contribution in [2.24, 2.45) is 0 Å². The number of hydrogen-bond acceptors (Lipinski definition) is 5. The van der Waals surface area contributed by atoms with Crippen LogP contribution in [-0.2, 0) is 26.0 Å². The number of ether oxygens (including phenoxy) is 1. The van der Waals surface area contributed by atoms with Crippen LogP contribution in [0.1, 0.15) is 41.4 Å². The second kappa shape index (κ2) is 13.1. The molecular weight excluding hydrogens is 480 g/mol. The van der Waals surface area contributed by atoms with Gasteiger partial charge in [-0.1, -0.05) is 12.1 Å². The molecule has 0 unspecified atom stereocenters. The van der Waals surface area contributed by atoms with E-state index in [0.717, 1.165) is 49.8 Å². The van der Waals surface area contributed by atoms with E-state index in [9.17, 15) is 8.78 Å². The largest absolute Gasteiger partial charge is 0.487 e. The Hall–Kier alpha value is -3.39. The zero-order chi connectivity index (χ0) is 25.2. The molecule has 0 spiro atoms. The van der Waals surface area contributed by atoms with Crippen molar-refractivity contribution in [1.82, 2.24) is 14.5 Å². The molecule has 2 aromatic heterocycles. The average molecular weight is 510 g/mol. The number of hydrogen-bond donors (Lipinski definition) is 0. The molecule has 0 atom stereocenters.